The molecule has 19 heavy (non-hydrogen) atoms. The zero-order valence-electron chi connectivity index (χ0n) is 11.5. The van der Waals surface area contributed by atoms with Gasteiger partial charge in [-0.15, -0.1) is 0 Å². The van der Waals surface area contributed by atoms with Gasteiger partial charge in [-0.25, -0.2) is 15.0 Å². The molecule has 0 spiro atoms. The molecule has 1 atom stereocenters. The zero-order valence-corrected chi connectivity index (χ0v) is 11.5. The minimum Gasteiger partial charge on any atom is -0.347 e. The lowest BCUT2D eigenvalue weighted by atomic mass is 9.86. The number of aromatic nitrogens is 4. The molecular weight excluding hydrogens is 238 g/mol. The maximum Gasteiger partial charge on any atom is 0.226 e. The second kappa shape index (κ2) is 5.73. The Morgan fingerprint density at radius 1 is 1.16 bits per heavy atom. The van der Waals surface area contributed by atoms with Crippen molar-refractivity contribution in [2.24, 2.45) is 5.41 Å². The van der Waals surface area contributed by atoms with Crippen LogP contribution in [0.25, 0.3) is 0 Å². The van der Waals surface area contributed by atoms with Crippen molar-refractivity contribution in [3.05, 3.63) is 42.7 Å². The molecule has 0 radical (unpaired) electrons. The van der Waals surface area contributed by atoms with Gasteiger partial charge in [0.1, 0.15) is 12.7 Å². The molecule has 5 nitrogen and oxygen atoms in total. The molecule has 5 heteroatoms. The number of hydrogen-bond acceptors (Lipinski definition) is 5. The lowest BCUT2D eigenvalue weighted by Crippen LogP contribution is -2.20. The number of nitrogens with one attached hydrogen (secondary N) is 1. The van der Waals surface area contributed by atoms with E-state index in [0.29, 0.717) is 5.95 Å². The van der Waals surface area contributed by atoms with Crippen molar-refractivity contribution in [2.75, 3.05) is 5.32 Å². The number of pyridine rings is 1. The Morgan fingerprint density at radius 2 is 1.89 bits per heavy atom. The summed E-state index contributed by atoms with van der Waals surface area (Å²) in [5, 5.41) is 3.35. The number of rotatable bonds is 4. The fourth-order valence-corrected chi connectivity index (χ4v) is 1.92. The van der Waals surface area contributed by atoms with Crippen LogP contribution < -0.4 is 5.32 Å². The summed E-state index contributed by atoms with van der Waals surface area (Å²) in [5.41, 5.74) is 1.33. The van der Waals surface area contributed by atoms with Gasteiger partial charge >= 0.3 is 0 Å². The molecule has 0 aliphatic heterocycles. The van der Waals surface area contributed by atoms with Gasteiger partial charge in [-0.2, -0.15) is 0 Å². The smallest absolute Gasteiger partial charge is 0.226 e. The Morgan fingerprint density at radius 3 is 2.47 bits per heavy atom. The Balaban J connectivity index is 2.20. The summed E-state index contributed by atoms with van der Waals surface area (Å²) in [5.74, 6) is 0.591. The van der Waals surface area contributed by atoms with Gasteiger partial charge in [0.05, 0.1) is 6.04 Å². The van der Waals surface area contributed by atoms with Gasteiger partial charge in [-0.05, 0) is 23.5 Å². The highest BCUT2D eigenvalue weighted by molar-refractivity contribution is 5.29. The van der Waals surface area contributed by atoms with E-state index >= 15 is 0 Å². The van der Waals surface area contributed by atoms with E-state index in [1.165, 1.54) is 12.7 Å². The Hall–Kier alpha value is -2.04. The van der Waals surface area contributed by atoms with Crippen molar-refractivity contribution in [1.29, 1.82) is 0 Å². The van der Waals surface area contributed by atoms with Crippen LogP contribution in [0.1, 0.15) is 38.8 Å². The summed E-state index contributed by atoms with van der Waals surface area (Å²) in [7, 11) is 0. The van der Waals surface area contributed by atoms with Crippen molar-refractivity contribution in [3.8, 4) is 0 Å². The first-order chi connectivity index (χ1) is 9.04. The molecule has 0 aliphatic carbocycles. The van der Waals surface area contributed by atoms with Gasteiger partial charge in [-0.3, -0.25) is 4.98 Å². The van der Waals surface area contributed by atoms with Crippen molar-refractivity contribution in [1.82, 2.24) is 19.9 Å². The lowest BCUT2D eigenvalue weighted by molar-refractivity contribution is 0.351. The third-order valence-corrected chi connectivity index (χ3v) is 2.70. The first kappa shape index (κ1) is 13.4. The Labute approximate surface area is 113 Å². The minimum absolute atomic E-state index is 0.135. The van der Waals surface area contributed by atoms with Crippen molar-refractivity contribution >= 4 is 5.95 Å². The molecule has 0 amide bonds. The molecule has 2 heterocycles. The lowest BCUT2D eigenvalue weighted by Gasteiger charge is -2.26. The van der Waals surface area contributed by atoms with Gasteiger partial charge in [0.25, 0.3) is 0 Å². The fourth-order valence-electron chi connectivity index (χ4n) is 1.92. The van der Waals surface area contributed by atoms with Crippen LogP contribution in [0.5, 0.6) is 0 Å². The quantitative estimate of drug-likeness (QED) is 0.912. The van der Waals surface area contributed by atoms with Gasteiger partial charge in [0.15, 0.2) is 0 Å². The molecule has 0 bridgehead atoms. The second-order valence-corrected chi connectivity index (χ2v) is 5.71. The molecule has 0 saturated heterocycles. The van der Waals surface area contributed by atoms with Crippen molar-refractivity contribution < 1.29 is 0 Å². The van der Waals surface area contributed by atoms with E-state index in [0.717, 1.165) is 12.0 Å². The van der Waals surface area contributed by atoms with Crippen LogP contribution in [-0.4, -0.2) is 19.9 Å². The summed E-state index contributed by atoms with van der Waals surface area (Å²) >= 11 is 0. The highest BCUT2D eigenvalue weighted by Gasteiger charge is 2.21. The number of hydrogen-bond donors (Lipinski definition) is 1. The van der Waals surface area contributed by atoms with Crippen LogP contribution >= 0.6 is 0 Å². The van der Waals surface area contributed by atoms with Gasteiger partial charge < -0.3 is 5.32 Å². The highest BCUT2D eigenvalue weighted by atomic mass is 15.1. The molecule has 2 aromatic rings. The SMILES string of the molecule is CC(C)(C)CC(Nc1ncncn1)c1cccnc1. The molecule has 0 aliphatic rings. The Kier molecular flexibility index (Phi) is 4.04. The van der Waals surface area contributed by atoms with Crippen LogP contribution in [0, 0.1) is 5.41 Å². The maximum atomic E-state index is 4.18. The van der Waals surface area contributed by atoms with Crippen molar-refractivity contribution in [2.45, 2.75) is 33.2 Å². The fraction of sp³-hybridized carbons (Fsp3) is 0.429. The first-order valence-corrected chi connectivity index (χ1v) is 6.33. The molecule has 0 saturated carbocycles. The molecule has 2 rings (SSSR count). The first-order valence-electron chi connectivity index (χ1n) is 6.33. The topological polar surface area (TPSA) is 63.6 Å². The summed E-state index contributed by atoms with van der Waals surface area (Å²) in [4.78, 5) is 16.3. The van der Waals surface area contributed by atoms with E-state index in [1.807, 2.05) is 12.3 Å². The van der Waals surface area contributed by atoms with Crippen LogP contribution in [0.3, 0.4) is 0 Å². The average Bonchev–Trinajstić information content (AvgIpc) is 2.39. The van der Waals surface area contributed by atoms with Gasteiger partial charge in [0.2, 0.25) is 5.95 Å². The minimum atomic E-state index is 0.135. The summed E-state index contributed by atoms with van der Waals surface area (Å²) < 4.78 is 0. The van der Waals surface area contributed by atoms with E-state index in [2.05, 4.69) is 52.1 Å². The predicted octanol–water partition coefficient (Wildman–Crippen LogP) is 2.86. The van der Waals surface area contributed by atoms with Crippen LogP contribution in [-0.2, 0) is 0 Å². The van der Waals surface area contributed by atoms with E-state index in [9.17, 15) is 0 Å². The Bertz CT molecular complexity index is 492. The second-order valence-electron chi connectivity index (χ2n) is 5.71. The molecule has 0 aromatic carbocycles. The van der Waals surface area contributed by atoms with Crippen molar-refractivity contribution in [3.63, 3.8) is 0 Å². The number of anilines is 1. The normalized spacial score (nSPS) is 13.0. The van der Waals surface area contributed by atoms with Gasteiger partial charge in [0, 0.05) is 12.4 Å². The summed E-state index contributed by atoms with van der Waals surface area (Å²) in [6, 6.07) is 4.15. The highest BCUT2D eigenvalue weighted by Crippen LogP contribution is 2.30. The van der Waals surface area contributed by atoms with E-state index < -0.39 is 0 Å². The van der Waals surface area contributed by atoms with E-state index in [1.54, 1.807) is 6.20 Å². The molecule has 2 aromatic heterocycles. The third-order valence-electron chi connectivity index (χ3n) is 2.70. The third kappa shape index (κ3) is 4.28. The predicted molar refractivity (Wildman–Crippen MR) is 74.5 cm³/mol. The summed E-state index contributed by atoms with van der Waals surface area (Å²) in [6.45, 7) is 6.64. The molecule has 1 unspecified atom stereocenters. The molecule has 100 valence electrons. The largest absolute Gasteiger partial charge is 0.347 e. The van der Waals surface area contributed by atoms with E-state index in [-0.39, 0.29) is 11.5 Å². The van der Waals surface area contributed by atoms with Gasteiger partial charge in [-0.1, -0.05) is 26.8 Å². The standard InChI is InChI=1S/C14H19N5/c1-14(2,3)7-12(11-5-4-6-15-8-11)19-13-17-9-16-10-18-13/h4-6,8-10,12H,7H2,1-3H3,(H,16,17,18,19). The molecule has 1 N–H and O–H groups in total. The van der Waals surface area contributed by atoms with Crippen LogP contribution in [0.15, 0.2) is 37.2 Å². The van der Waals surface area contributed by atoms with Crippen LogP contribution in [0.4, 0.5) is 5.95 Å². The average molecular weight is 257 g/mol. The monoisotopic (exact) mass is 257 g/mol. The maximum absolute atomic E-state index is 4.18. The summed E-state index contributed by atoms with van der Waals surface area (Å²) in [6.07, 6.45) is 7.61. The van der Waals surface area contributed by atoms with E-state index in [4.69, 9.17) is 0 Å². The molecule has 0 fully saturated rings. The molecular formula is C14H19N5. The van der Waals surface area contributed by atoms with Crippen LogP contribution in [0.2, 0.25) is 0 Å². The zero-order chi connectivity index (χ0) is 13.7. The number of nitrogens with zero attached hydrogens (tertiary/aromatic N) is 4.